The molecule has 0 aromatic carbocycles. The third-order valence-corrected chi connectivity index (χ3v) is 3.55. The zero-order valence-corrected chi connectivity index (χ0v) is 12.5. The number of rotatable bonds is 8. The fraction of sp³-hybridized carbons (Fsp3) is 0.412. The minimum absolute atomic E-state index is 0.00771. The van der Waals surface area contributed by atoms with Crippen LogP contribution in [-0.4, -0.2) is 22.6 Å². The molecule has 2 rings (SSSR count). The first kappa shape index (κ1) is 15.6. The second kappa shape index (κ2) is 8.49. The van der Waals surface area contributed by atoms with Crippen LogP contribution in [0.4, 0.5) is 0 Å². The van der Waals surface area contributed by atoms with Crippen LogP contribution in [0.5, 0.6) is 0 Å². The average Bonchev–Trinajstić information content (AvgIpc) is 2.56. The Morgan fingerprint density at radius 3 is 2.29 bits per heavy atom. The largest absolute Gasteiger partial charge is 0.372 e. The van der Waals surface area contributed by atoms with E-state index < -0.39 is 0 Å². The summed E-state index contributed by atoms with van der Waals surface area (Å²) in [6.45, 7) is 2.78. The first-order chi connectivity index (χ1) is 10.3. The Bertz CT molecular complexity index is 504. The summed E-state index contributed by atoms with van der Waals surface area (Å²) >= 11 is 0. The highest BCUT2D eigenvalue weighted by molar-refractivity contribution is 5.15. The molecule has 0 aliphatic rings. The highest BCUT2D eigenvalue weighted by atomic mass is 16.5. The molecule has 0 spiro atoms. The zero-order valence-electron chi connectivity index (χ0n) is 12.5. The molecule has 2 aromatic heterocycles. The molecule has 2 aromatic rings. The molecule has 112 valence electrons. The summed E-state index contributed by atoms with van der Waals surface area (Å²) in [6.07, 6.45) is 10.0. The first-order valence-electron chi connectivity index (χ1n) is 7.47. The van der Waals surface area contributed by atoms with Gasteiger partial charge in [0.2, 0.25) is 0 Å². The Morgan fingerprint density at radius 1 is 1.05 bits per heavy atom. The number of pyridine rings is 2. The van der Waals surface area contributed by atoms with E-state index in [0.717, 1.165) is 24.8 Å². The number of nitrogens with two attached hydrogens (primary N) is 1. The summed E-state index contributed by atoms with van der Waals surface area (Å²) in [4.78, 5) is 8.07. The van der Waals surface area contributed by atoms with Crippen LogP contribution in [-0.2, 0) is 11.2 Å². The van der Waals surface area contributed by atoms with Gasteiger partial charge in [-0.3, -0.25) is 9.97 Å². The van der Waals surface area contributed by atoms with Crippen LogP contribution in [0.1, 0.15) is 37.0 Å². The average molecular weight is 285 g/mol. The van der Waals surface area contributed by atoms with E-state index in [9.17, 15) is 0 Å². The lowest BCUT2D eigenvalue weighted by atomic mass is 10.0. The molecule has 0 saturated heterocycles. The van der Waals surface area contributed by atoms with E-state index in [1.807, 2.05) is 36.7 Å². The van der Waals surface area contributed by atoms with E-state index in [4.69, 9.17) is 10.5 Å². The van der Waals surface area contributed by atoms with Gasteiger partial charge in [0.25, 0.3) is 0 Å². The first-order valence-corrected chi connectivity index (χ1v) is 7.47. The van der Waals surface area contributed by atoms with E-state index in [2.05, 4.69) is 16.9 Å². The van der Waals surface area contributed by atoms with E-state index >= 15 is 0 Å². The van der Waals surface area contributed by atoms with Crippen LogP contribution >= 0.6 is 0 Å². The molecule has 0 aliphatic heterocycles. The van der Waals surface area contributed by atoms with Crippen molar-refractivity contribution in [3.05, 3.63) is 60.2 Å². The molecular weight excluding hydrogens is 262 g/mol. The predicted molar refractivity (Wildman–Crippen MR) is 83.8 cm³/mol. The maximum Gasteiger partial charge on any atom is 0.0976 e. The fourth-order valence-corrected chi connectivity index (χ4v) is 2.27. The summed E-state index contributed by atoms with van der Waals surface area (Å²) in [7, 11) is 0. The van der Waals surface area contributed by atoms with Crippen molar-refractivity contribution in [3.63, 3.8) is 0 Å². The maximum absolute atomic E-state index is 6.19. The second-order valence-electron chi connectivity index (χ2n) is 5.10. The predicted octanol–water partition coefficient (Wildman–Crippen LogP) is 2.90. The van der Waals surface area contributed by atoms with Crippen LogP contribution in [0, 0.1) is 0 Å². The summed E-state index contributed by atoms with van der Waals surface area (Å²) in [6, 6.07) is 8.04. The molecule has 2 N–H and O–H groups in total. The standard InChI is InChI=1S/C17H23N3O/c1-2-16(18)17(15-7-11-20-12-8-15)21-13-3-4-14-5-9-19-10-6-14/h5-12,16-17H,2-4,13,18H2,1H3. The van der Waals surface area contributed by atoms with Gasteiger partial charge >= 0.3 is 0 Å². The van der Waals surface area contributed by atoms with Crippen LogP contribution in [0.15, 0.2) is 49.1 Å². The number of nitrogens with zero attached hydrogens (tertiary/aromatic N) is 2. The van der Waals surface area contributed by atoms with Gasteiger partial charge in [-0.1, -0.05) is 6.92 Å². The SMILES string of the molecule is CCC(N)C(OCCCc1ccncc1)c1ccncc1. The van der Waals surface area contributed by atoms with E-state index in [0.29, 0.717) is 6.61 Å². The fourth-order valence-electron chi connectivity index (χ4n) is 2.27. The van der Waals surface area contributed by atoms with Crippen LogP contribution in [0.3, 0.4) is 0 Å². The Hall–Kier alpha value is -1.78. The molecule has 21 heavy (non-hydrogen) atoms. The van der Waals surface area contributed by atoms with Crippen molar-refractivity contribution in [2.45, 2.75) is 38.3 Å². The van der Waals surface area contributed by atoms with Crippen molar-refractivity contribution in [1.29, 1.82) is 0 Å². The Labute approximate surface area is 126 Å². The van der Waals surface area contributed by atoms with Crippen molar-refractivity contribution in [2.24, 2.45) is 5.73 Å². The summed E-state index contributed by atoms with van der Waals surface area (Å²) < 4.78 is 6.03. The van der Waals surface area contributed by atoms with Crippen molar-refractivity contribution in [1.82, 2.24) is 9.97 Å². The van der Waals surface area contributed by atoms with Gasteiger partial charge in [0.15, 0.2) is 0 Å². The molecule has 2 atom stereocenters. The molecule has 0 amide bonds. The lowest BCUT2D eigenvalue weighted by Crippen LogP contribution is -2.30. The van der Waals surface area contributed by atoms with E-state index in [1.165, 1.54) is 5.56 Å². The Morgan fingerprint density at radius 2 is 1.67 bits per heavy atom. The molecule has 0 bridgehead atoms. The lowest BCUT2D eigenvalue weighted by molar-refractivity contribution is 0.0321. The normalized spacial score (nSPS) is 13.8. The smallest absolute Gasteiger partial charge is 0.0976 e. The summed E-state index contributed by atoms with van der Waals surface area (Å²) in [5.41, 5.74) is 8.58. The van der Waals surface area contributed by atoms with Crippen molar-refractivity contribution in [2.75, 3.05) is 6.61 Å². The molecule has 4 nitrogen and oxygen atoms in total. The highest BCUT2D eigenvalue weighted by Gasteiger charge is 2.18. The molecule has 2 unspecified atom stereocenters. The third kappa shape index (κ3) is 4.92. The molecule has 0 aliphatic carbocycles. The van der Waals surface area contributed by atoms with Crippen molar-refractivity contribution in [3.8, 4) is 0 Å². The molecule has 2 heterocycles. The molecule has 0 fully saturated rings. The number of hydrogen-bond donors (Lipinski definition) is 1. The van der Waals surface area contributed by atoms with Gasteiger partial charge in [-0.15, -0.1) is 0 Å². The number of aryl methyl sites for hydroxylation is 1. The van der Waals surface area contributed by atoms with Crippen molar-refractivity contribution < 1.29 is 4.74 Å². The van der Waals surface area contributed by atoms with Crippen LogP contribution < -0.4 is 5.73 Å². The van der Waals surface area contributed by atoms with E-state index in [1.54, 1.807) is 12.4 Å². The van der Waals surface area contributed by atoms with Crippen molar-refractivity contribution >= 4 is 0 Å². The number of aromatic nitrogens is 2. The van der Waals surface area contributed by atoms with Gasteiger partial charge in [-0.05, 0) is 54.7 Å². The molecule has 0 saturated carbocycles. The molecular formula is C17H23N3O. The van der Waals surface area contributed by atoms with Gasteiger partial charge in [0.05, 0.1) is 6.10 Å². The van der Waals surface area contributed by atoms with Gasteiger partial charge in [0.1, 0.15) is 0 Å². The number of hydrogen-bond acceptors (Lipinski definition) is 4. The summed E-state index contributed by atoms with van der Waals surface area (Å²) in [5.74, 6) is 0. The minimum atomic E-state index is -0.0598. The summed E-state index contributed by atoms with van der Waals surface area (Å²) in [5, 5.41) is 0. The Kier molecular flexibility index (Phi) is 6.31. The topological polar surface area (TPSA) is 61.0 Å². The van der Waals surface area contributed by atoms with Gasteiger partial charge in [-0.25, -0.2) is 0 Å². The Balaban J connectivity index is 1.85. The van der Waals surface area contributed by atoms with Gasteiger partial charge in [-0.2, -0.15) is 0 Å². The molecule has 0 radical (unpaired) electrons. The van der Waals surface area contributed by atoms with Gasteiger partial charge in [0, 0.05) is 37.4 Å². The third-order valence-electron chi connectivity index (χ3n) is 3.55. The maximum atomic E-state index is 6.19. The second-order valence-corrected chi connectivity index (χ2v) is 5.10. The quantitative estimate of drug-likeness (QED) is 0.758. The van der Waals surface area contributed by atoms with Crippen LogP contribution in [0.25, 0.3) is 0 Å². The highest BCUT2D eigenvalue weighted by Crippen LogP contribution is 2.21. The monoisotopic (exact) mass is 285 g/mol. The zero-order chi connectivity index (χ0) is 14.9. The van der Waals surface area contributed by atoms with Gasteiger partial charge < -0.3 is 10.5 Å². The lowest BCUT2D eigenvalue weighted by Gasteiger charge is -2.23. The molecule has 4 heteroatoms. The number of ether oxygens (including phenoxy) is 1. The van der Waals surface area contributed by atoms with Crippen LogP contribution in [0.2, 0.25) is 0 Å². The van der Waals surface area contributed by atoms with E-state index in [-0.39, 0.29) is 12.1 Å². The minimum Gasteiger partial charge on any atom is -0.372 e.